The molecule has 2 nitrogen and oxygen atoms in total. The summed E-state index contributed by atoms with van der Waals surface area (Å²) in [5.74, 6) is 0.268. The van der Waals surface area contributed by atoms with Crippen molar-refractivity contribution in [2.75, 3.05) is 6.54 Å². The second-order valence-corrected chi connectivity index (χ2v) is 5.04. The normalized spacial score (nSPS) is 20.9. The van der Waals surface area contributed by atoms with Crippen molar-refractivity contribution in [3.63, 3.8) is 0 Å². The highest BCUT2D eigenvalue weighted by molar-refractivity contribution is 6.01. The monoisotopic (exact) mass is 231 g/mol. The van der Waals surface area contributed by atoms with Gasteiger partial charge in [-0.2, -0.15) is 0 Å². The van der Waals surface area contributed by atoms with E-state index in [9.17, 15) is 4.79 Å². The van der Waals surface area contributed by atoms with Gasteiger partial charge in [0.05, 0.1) is 6.04 Å². The quantitative estimate of drug-likeness (QED) is 0.793. The predicted molar refractivity (Wildman–Crippen MR) is 70.5 cm³/mol. The first-order valence-corrected chi connectivity index (χ1v) is 6.53. The van der Waals surface area contributed by atoms with Gasteiger partial charge in [0.15, 0.2) is 5.78 Å². The van der Waals surface area contributed by atoms with Crippen LogP contribution in [0.1, 0.15) is 47.2 Å². The fourth-order valence-corrected chi connectivity index (χ4v) is 2.53. The first-order chi connectivity index (χ1) is 8.18. The maximum absolute atomic E-state index is 12.4. The lowest BCUT2D eigenvalue weighted by molar-refractivity contribution is 0.0940. The predicted octanol–water partition coefficient (Wildman–Crippen LogP) is 3.02. The minimum atomic E-state index is 0.0268. The van der Waals surface area contributed by atoms with Crippen LogP contribution in [0, 0.1) is 13.8 Å². The Balaban J connectivity index is 2.17. The second-order valence-electron chi connectivity index (χ2n) is 5.04. The van der Waals surface area contributed by atoms with Gasteiger partial charge in [0.1, 0.15) is 0 Å². The van der Waals surface area contributed by atoms with E-state index in [1.54, 1.807) is 0 Å². The lowest BCUT2D eigenvalue weighted by atomic mass is 9.96. The number of rotatable bonds is 2. The van der Waals surface area contributed by atoms with Crippen LogP contribution in [-0.2, 0) is 0 Å². The molecule has 1 N–H and O–H groups in total. The number of carbonyl (C=O) groups excluding carboxylic acids is 1. The molecule has 1 saturated heterocycles. The highest BCUT2D eigenvalue weighted by Gasteiger charge is 2.21. The zero-order chi connectivity index (χ0) is 12.3. The third kappa shape index (κ3) is 2.95. The summed E-state index contributed by atoms with van der Waals surface area (Å²) in [6.45, 7) is 5.06. The van der Waals surface area contributed by atoms with Crippen molar-refractivity contribution in [1.29, 1.82) is 0 Å². The van der Waals surface area contributed by atoms with Gasteiger partial charge in [-0.05, 0) is 38.8 Å². The van der Waals surface area contributed by atoms with Crippen LogP contribution in [0.25, 0.3) is 0 Å². The van der Waals surface area contributed by atoms with Crippen molar-refractivity contribution < 1.29 is 4.79 Å². The first kappa shape index (κ1) is 12.3. The van der Waals surface area contributed by atoms with E-state index in [1.165, 1.54) is 18.4 Å². The average Bonchev–Trinajstić information content (AvgIpc) is 2.56. The minimum absolute atomic E-state index is 0.0268. The van der Waals surface area contributed by atoms with Crippen LogP contribution in [-0.4, -0.2) is 18.4 Å². The number of aryl methyl sites for hydroxylation is 2. The van der Waals surface area contributed by atoms with Gasteiger partial charge in [0.25, 0.3) is 0 Å². The Morgan fingerprint density at radius 1 is 1.24 bits per heavy atom. The van der Waals surface area contributed by atoms with E-state index in [0.29, 0.717) is 0 Å². The molecule has 0 spiro atoms. The SMILES string of the molecule is Cc1ccc(C(=O)C2CCCCCN2)c(C)c1. The summed E-state index contributed by atoms with van der Waals surface area (Å²) in [6, 6.07) is 6.11. The lowest BCUT2D eigenvalue weighted by Gasteiger charge is -2.16. The molecule has 0 saturated carbocycles. The Labute approximate surface area is 103 Å². The molecule has 0 radical (unpaired) electrons. The van der Waals surface area contributed by atoms with Gasteiger partial charge in [-0.15, -0.1) is 0 Å². The summed E-state index contributed by atoms with van der Waals surface area (Å²) in [5, 5.41) is 3.37. The number of nitrogens with one attached hydrogen (secondary N) is 1. The van der Waals surface area contributed by atoms with Gasteiger partial charge in [-0.1, -0.05) is 36.6 Å². The van der Waals surface area contributed by atoms with Gasteiger partial charge in [-0.25, -0.2) is 0 Å². The van der Waals surface area contributed by atoms with E-state index in [-0.39, 0.29) is 11.8 Å². The van der Waals surface area contributed by atoms with Gasteiger partial charge >= 0.3 is 0 Å². The largest absolute Gasteiger partial charge is 0.307 e. The number of carbonyl (C=O) groups is 1. The highest BCUT2D eigenvalue weighted by atomic mass is 16.1. The molecule has 0 aromatic heterocycles. The zero-order valence-corrected chi connectivity index (χ0v) is 10.8. The summed E-state index contributed by atoms with van der Waals surface area (Å²) in [5.41, 5.74) is 3.20. The molecule has 1 heterocycles. The molecule has 0 amide bonds. The van der Waals surface area contributed by atoms with Gasteiger partial charge in [-0.3, -0.25) is 4.79 Å². The van der Waals surface area contributed by atoms with Crippen molar-refractivity contribution in [1.82, 2.24) is 5.32 Å². The molecule has 0 aliphatic carbocycles. The molecule has 2 rings (SSSR count). The Bertz CT molecular complexity index is 403. The van der Waals surface area contributed by atoms with Crippen LogP contribution in [0.15, 0.2) is 18.2 Å². The second kappa shape index (κ2) is 5.46. The molecule has 1 aromatic carbocycles. The number of hydrogen-bond acceptors (Lipinski definition) is 2. The Morgan fingerprint density at radius 2 is 2.06 bits per heavy atom. The molecule has 2 heteroatoms. The molecular formula is C15H21NO. The maximum Gasteiger partial charge on any atom is 0.179 e. The summed E-state index contributed by atoms with van der Waals surface area (Å²) >= 11 is 0. The van der Waals surface area contributed by atoms with Crippen LogP contribution in [0.4, 0.5) is 0 Å². The third-order valence-electron chi connectivity index (χ3n) is 3.52. The van der Waals surface area contributed by atoms with Crippen LogP contribution >= 0.6 is 0 Å². The van der Waals surface area contributed by atoms with Crippen molar-refractivity contribution in [2.45, 2.75) is 45.6 Å². The van der Waals surface area contributed by atoms with Crippen LogP contribution < -0.4 is 5.32 Å². The Hall–Kier alpha value is -1.15. The fraction of sp³-hybridized carbons (Fsp3) is 0.533. The van der Waals surface area contributed by atoms with Gasteiger partial charge in [0, 0.05) is 5.56 Å². The zero-order valence-electron chi connectivity index (χ0n) is 10.8. The van der Waals surface area contributed by atoms with Gasteiger partial charge in [0.2, 0.25) is 0 Å². The molecule has 1 fully saturated rings. The number of hydrogen-bond donors (Lipinski definition) is 1. The Morgan fingerprint density at radius 3 is 2.82 bits per heavy atom. The first-order valence-electron chi connectivity index (χ1n) is 6.53. The van der Waals surface area contributed by atoms with Crippen LogP contribution in [0.3, 0.4) is 0 Å². The third-order valence-corrected chi connectivity index (χ3v) is 3.52. The molecule has 1 unspecified atom stereocenters. The number of ketones is 1. The lowest BCUT2D eigenvalue weighted by Crippen LogP contribution is -2.36. The van der Waals surface area contributed by atoms with Crippen LogP contribution in [0.5, 0.6) is 0 Å². The van der Waals surface area contributed by atoms with E-state index in [2.05, 4.69) is 18.3 Å². The maximum atomic E-state index is 12.4. The standard InChI is InChI=1S/C15H21NO/c1-11-7-8-13(12(2)10-11)15(17)14-6-4-3-5-9-16-14/h7-8,10,14,16H,3-6,9H2,1-2H3. The summed E-state index contributed by atoms with van der Waals surface area (Å²) in [6.07, 6.45) is 4.57. The minimum Gasteiger partial charge on any atom is -0.307 e. The van der Waals surface area contributed by atoms with Gasteiger partial charge < -0.3 is 5.32 Å². The van der Waals surface area contributed by atoms with Crippen molar-refractivity contribution >= 4 is 5.78 Å². The molecule has 1 aliphatic heterocycles. The molecule has 92 valence electrons. The number of benzene rings is 1. The molecule has 1 aromatic rings. The average molecular weight is 231 g/mol. The Kier molecular flexibility index (Phi) is 3.95. The summed E-state index contributed by atoms with van der Waals surface area (Å²) in [4.78, 5) is 12.4. The van der Waals surface area contributed by atoms with Crippen molar-refractivity contribution in [3.8, 4) is 0 Å². The van der Waals surface area contributed by atoms with E-state index in [1.807, 2.05) is 19.1 Å². The van der Waals surface area contributed by atoms with E-state index < -0.39 is 0 Å². The van der Waals surface area contributed by atoms with E-state index in [0.717, 1.165) is 30.5 Å². The highest BCUT2D eigenvalue weighted by Crippen LogP contribution is 2.17. The molecule has 0 bridgehead atoms. The smallest absolute Gasteiger partial charge is 0.179 e. The fourth-order valence-electron chi connectivity index (χ4n) is 2.53. The molecular weight excluding hydrogens is 210 g/mol. The molecule has 1 aliphatic rings. The van der Waals surface area contributed by atoms with E-state index in [4.69, 9.17) is 0 Å². The van der Waals surface area contributed by atoms with Crippen LogP contribution in [0.2, 0.25) is 0 Å². The topological polar surface area (TPSA) is 29.1 Å². The molecule has 1 atom stereocenters. The summed E-state index contributed by atoms with van der Waals surface area (Å²) in [7, 11) is 0. The van der Waals surface area contributed by atoms with Crippen molar-refractivity contribution in [2.24, 2.45) is 0 Å². The van der Waals surface area contributed by atoms with Crippen molar-refractivity contribution in [3.05, 3.63) is 34.9 Å². The molecule has 17 heavy (non-hydrogen) atoms. The number of Topliss-reactive ketones (excluding diaryl/α,β-unsaturated/α-hetero) is 1. The summed E-state index contributed by atoms with van der Waals surface area (Å²) < 4.78 is 0. The van der Waals surface area contributed by atoms with E-state index >= 15 is 0 Å².